The first-order chi connectivity index (χ1) is 9.47. The Morgan fingerprint density at radius 3 is 2.55 bits per heavy atom. The summed E-state index contributed by atoms with van der Waals surface area (Å²) in [6.07, 6.45) is 3.67. The lowest BCUT2D eigenvalue weighted by Gasteiger charge is -2.19. The van der Waals surface area contributed by atoms with E-state index in [1.54, 1.807) is 22.8 Å². The molecule has 0 aliphatic rings. The monoisotopic (exact) mass is 272 g/mol. The van der Waals surface area contributed by atoms with Gasteiger partial charge in [-0.15, -0.1) is 0 Å². The molecule has 0 fully saturated rings. The van der Waals surface area contributed by atoms with Gasteiger partial charge in [0.05, 0.1) is 12.7 Å². The zero-order chi connectivity index (χ0) is 14.7. The van der Waals surface area contributed by atoms with E-state index in [2.05, 4.69) is 10.4 Å². The number of anilines is 1. The molecule has 2 aromatic rings. The number of carbonyl (C=O) groups is 1. The number of amides is 2. The van der Waals surface area contributed by atoms with Crippen molar-refractivity contribution in [3.05, 3.63) is 47.3 Å². The van der Waals surface area contributed by atoms with Crippen LogP contribution in [0.4, 0.5) is 10.5 Å². The summed E-state index contributed by atoms with van der Waals surface area (Å²) in [5.74, 6) is 0. The molecule has 2 amide bonds. The van der Waals surface area contributed by atoms with Gasteiger partial charge in [-0.2, -0.15) is 5.10 Å². The first kappa shape index (κ1) is 14.1. The van der Waals surface area contributed by atoms with Crippen molar-refractivity contribution in [3.8, 4) is 0 Å². The third-order valence-corrected chi connectivity index (χ3v) is 3.24. The van der Waals surface area contributed by atoms with Gasteiger partial charge in [-0.1, -0.05) is 18.2 Å². The molecule has 1 aromatic carbocycles. The van der Waals surface area contributed by atoms with Gasteiger partial charge in [0.15, 0.2) is 0 Å². The molecule has 0 unspecified atom stereocenters. The molecular formula is C15H20N4O. The minimum atomic E-state index is -0.119. The Bertz CT molecular complexity index is 598. The normalized spacial score (nSPS) is 10.4. The molecule has 20 heavy (non-hydrogen) atoms. The molecule has 0 atom stereocenters. The number of carbonyl (C=O) groups excluding carboxylic acids is 1. The van der Waals surface area contributed by atoms with Crippen molar-refractivity contribution in [1.29, 1.82) is 0 Å². The molecule has 0 bridgehead atoms. The van der Waals surface area contributed by atoms with Crippen molar-refractivity contribution >= 4 is 11.7 Å². The predicted octanol–water partition coefficient (Wildman–Crippen LogP) is 2.70. The zero-order valence-corrected chi connectivity index (χ0v) is 12.3. The van der Waals surface area contributed by atoms with Gasteiger partial charge < -0.3 is 10.2 Å². The fourth-order valence-electron chi connectivity index (χ4n) is 2.11. The number of urea groups is 1. The van der Waals surface area contributed by atoms with Crippen molar-refractivity contribution in [3.63, 3.8) is 0 Å². The highest BCUT2D eigenvalue weighted by molar-refractivity contribution is 5.90. The van der Waals surface area contributed by atoms with Gasteiger partial charge in [-0.3, -0.25) is 4.68 Å². The number of rotatable bonds is 3. The van der Waals surface area contributed by atoms with E-state index in [0.717, 1.165) is 22.4 Å². The van der Waals surface area contributed by atoms with Gasteiger partial charge in [-0.05, 0) is 25.0 Å². The Morgan fingerprint density at radius 2 is 2.00 bits per heavy atom. The molecule has 5 nitrogen and oxygen atoms in total. The maximum Gasteiger partial charge on any atom is 0.321 e. The maximum absolute atomic E-state index is 12.2. The predicted molar refractivity (Wildman–Crippen MR) is 79.6 cm³/mol. The van der Waals surface area contributed by atoms with E-state index in [0.29, 0.717) is 6.54 Å². The van der Waals surface area contributed by atoms with Crippen molar-refractivity contribution < 1.29 is 4.79 Å². The van der Waals surface area contributed by atoms with Crippen LogP contribution in [0, 0.1) is 13.8 Å². The second-order valence-electron chi connectivity index (χ2n) is 5.08. The van der Waals surface area contributed by atoms with Crippen LogP contribution in [0.25, 0.3) is 0 Å². The average Bonchev–Trinajstić information content (AvgIpc) is 2.79. The van der Waals surface area contributed by atoms with E-state index in [1.165, 1.54) is 0 Å². The highest BCUT2D eigenvalue weighted by Gasteiger charge is 2.12. The Morgan fingerprint density at radius 1 is 1.35 bits per heavy atom. The van der Waals surface area contributed by atoms with Gasteiger partial charge in [0, 0.05) is 31.5 Å². The maximum atomic E-state index is 12.2. The first-order valence-corrected chi connectivity index (χ1v) is 6.53. The van der Waals surface area contributed by atoms with Crippen LogP contribution in [0.5, 0.6) is 0 Å². The van der Waals surface area contributed by atoms with Gasteiger partial charge in [0.25, 0.3) is 0 Å². The Kier molecular flexibility index (Phi) is 4.08. The summed E-state index contributed by atoms with van der Waals surface area (Å²) in [6, 6.07) is 5.85. The third kappa shape index (κ3) is 3.17. The lowest BCUT2D eigenvalue weighted by atomic mass is 10.1. The van der Waals surface area contributed by atoms with Gasteiger partial charge >= 0.3 is 6.03 Å². The fraction of sp³-hybridized carbons (Fsp3) is 0.333. The summed E-state index contributed by atoms with van der Waals surface area (Å²) >= 11 is 0. The quantitative estimate of drug-likeness (QED) is 0.934. The molecule has 0 saturated heterocycles. The Labute approximate surface area is 119 Å². The average molecular weight is 272 g/mol. The minimum Gasteiger partial charge on any atom is -0.323 e. The van der Waals surface area contributed by atoms with Crippen LogP contribution in [0.15, 0.2) is 30.6 Å². The van der Waals surface area contributed by atoms with E-state index < -0.39 is 0 Å². The summed E-state index contributed by atoms with van der Waals surface area (Å²) in [6.45, 7) is 4.51. The summed E-state index contributed by atoms with van der Waals surface area (Å²) in [7, 11) is 3.64. The number of hydrogen-bond acceptors (Lipinski definition) is 2. The molecule has 0 aliphatic carbocycles. The molecule has 0 radical (unpaired) electrons. The van der Waals surface area contributed by atoms with Crippen molar-refractivity contribution in [2.24, 2.45) is 7.05 Å². The molecule has 2 rings (SSSR count). The highest BCUT2D eigenvalue weighted by Crippen LogP contribution is 2.19. The lowest BCUT2D eigenvalue weighted by molar-refractivity contribution is 0.220. The summed E-state index contributed by atoms with van der Waals surface area (Å²) in [5.41, 5.74) is 4.02. The number of benzene rings is 1. The van der Waals surface area contributed by atoms with Crippen LogP contribution >= 0.6 is 0 Å². The highest BCUT2D eigenvalue weighted by atomic mass is 16.2. The largest absolute Gasteiger partial charge is 0.323 e. The molecule has 1 heterocycles. The van der Waals surface area contributed by atoms with Gasteiger partial charge in [0.1, 0.15) is 0 Å². The molecular weight excluding hydrogens is 252 g/mol. The second kappa shape index (κ2) is 5.77. The topological polar surface area (TPSA) is 50.2 Å². The molecule has 0 spiro atoms. The van der Waals surface area contributed by atoms with Crippen molar-refractivity contribution in [1.82, 2.24) is 14.7 Å². The molecule has 5 heteroatoms. The standard InChI is InChI=1S/C15H20N4O/c1-11-6-5-7-12(2)14(11)17-15(20)18(3)9-13-8-16-19(4)10-13/h5-8,10H,9H2,1-4H3,(H,17,20). The summed E-state index contributed by atoms with van der Waals surface area (Å²) < 4.78 is 1.73. The number of nitrogens with zero attached hydrogens (tertiary/aromatic N) is 3. The van der Waals surface area contributed by atoms with Gasteiger partial charge in [0.2, 0.25) is 0 Å². The van der Waals surface area contributed by atoms with Crippen LogP contribution in [-0.4, -0.2) is 27.8 Å². The fourth-order valence-corrected chi connectivity index (χ4v) is 2.11. The number of hydrogen-bond donors (Lipinski definition) is 1. The summed E-state index contributed by atoms with van der Waals surface area (Å²) in [5, 5.41) is 7.06. The molecule has 1 aromatic heterocycles. The number of nitrogens with one attached hydrogen (secondary N) is 1. The molecule has 106 valence electrons. The van der Waals surface area contributed by atoms with Crippen molar-refractivity contribution in [2.45, 2.75) is 20.4 Å². The SMILES string of the molecule is Cc1cccc(C)c1NC(=O)N(C)Cc1cnn(C)c1. The number of aryl methyl sites for hydroxylation is 3. The van der Waals surface area contributed by atoms with Crippen LogP contribution in [0.3, 0.4) is 0 Å². The lowest BCUT2D eigenvalue weighted by Crippen LogP contribution is -2.31. The third-order valence-electron chi connectivity index (χ3n) is 3.24. The second-order valence-corrected chi connectivity index (χ2v) is 5.08. The molecule has 0 aliphatic heterocycles. The van der Waals surface area contributed by atoms with Crippen LogP contribution in [-0.2, 0) is 13.6 Å². The van der Waals surface area contributed by atoms with E-state index in [-0.39, 0.29) is 6.03 Å². The Hall–Kier alpha value is -2.30. The van der Waals surface area contributed by atoms with E-state index in [1.807, 2.05) is 45.3 Å². The minimum absolute atomic E-state index is 0.119. The van der Waals surface area contributed by atoms with Crippen LogP contribution in [0.2, 0.25) is 0 Å². The van der Waals surface area contributed by atoms with Crippen molar-refractivity contribution in [2.75, 3.05) is 12.4 Å². The van der Waals surface area contributed by atoms with E-state index in [4.69, 9.17) is 0 Å². The summed E-state index contributed by atoms with van der Waals surface area (Å²) in [4.78, 5) is 13.9. The number of aromatic nitrogens is 2. The smallest absolute Gasteiger partial charge is 0.321 e. The van der Waals surface area contributed by atoms with E-state index in [9.17, 15) is 4.79 Å². The molecule has 0 saturated carbocycles. The van der Waals surface area contributed by atoms with E-state index >= 15 is 0 Å². The van der Waals surface area contributed by atoms with Crippen LogP contribution < -0.4 is 5.32 Å². The van der Waals surface area contributed by atoms with Crippen LogP contribution in [0.1, 0.15) is 16.7 Å². The zero-order valence-electron chi connectivity index (χ0n) is 12.3. The number of para-hydroxylation sites is 1. The first-order valence-electron chi connectivity index (χ1n) is 6.53. The molecule has 1 N–H and O–H groups in total. The van der Waals surface area contributed by atoms with Gasteiger partial charge in [-0.25, -0.2) is 4.79 Å². The Balaban J connectivity index is 2.04.